The zero-order valence-corrected chi connectivity index (χ0v) is 14.8. The molecule has 6 nitrogen and oxygen atoms in total. The number of amides is 2. The average molecular weight is 370 g/mol. The summed E-state index contributed by atoms with van der Waals surface area (Å²) in [5, 5.41) is 2.62. The number of halogens is 1. The summed E-state index contributed by atoms with van der Waals surface area (Å²) in [7, 11) is 0. The summed E-state index contributed by atoms with van der Waals surface area (Å²) in [6.45, 7) is 3.13. The highest BCUT2D eigenvalue weighted by Gasteiger charge is 2.31. The van der Waals surface area contributed by atoms with E-state index < -0.39 is 11.8 Å². The van der Waals surface area contributed by atoms with Crippen molar-refractivity contribution in [1.29, 1.82) is 0 Å². The summed E-state index contributed by atoms with van der Waals surface area (Å²) in [6.07, 6.45) is 0.514. The molecule has 27 heavy (non-hydrogen) atoms. The number of fused-ring (bicyclic) bond motifs is 2. The molecule has 0 spiro atoms. The molecule has 0 aromatic heterocycles. The van der Waals surface area contributed by atoms with Crippen LogP contribution >= 0.6 is 0 Å². The van der Waals surface area contributed by atoms with Gasteiger partial charge in [0.05, 0.1) is 6.04 Å². The highest BCUT2D eigenvalue weighted by molar-refractivity contribution is 6.39. The Bertz CT molecular complexity index is 915. The topological polar surface area (TPSA) is 67.9 Å². The number of nitrogens with zero attached hydrogens (tertiary/aromatic N) is 1. The van der Waals surface area contributed by atoms with Crippen LogP contribution in [0.5, 0.6) is 11.5 Å². The molecule has 0 fully saturated rings. The second kappa shape index (κ2) is 6.90. The van der Waals surface area contributed by atoms with Crippen LogP contribution in [-0.4, -0.2) is 36.5 Å². The molecule has 0 saturated heterocycles. The fourth-order valence-corrected chi connectivity index (χ4v) is 3.51. The number of ether oxygens (including phenoxy) is 2. The van der Waals surface area contributed by atoms with E-state index in [4.69, 9.17) is 9.47 Å². The van der Waals surface area contributed by atoms with Crippen molar-refractivity contribution in [2.45, 2.75) is 19.4 Å². The maximum atomic E-state index is 13.4. The Hall–Kier alpha value is -3.09. The smallest absolute Gasteiger partial charge is 0.313 e. The largest absolute Gasteiger partial charge is 0.486 e. The number of nitrogens with one attached hydrogen (secondary N) is 1. The maximum Gasteiger partial charge on any atom is 0.313 e. The lowest BCUT2D eigenvalue weighted by Crippen LogP contribution is -2.44. The Morgan fingerprint density at radius 2 is 1.89 bits per heavy atom. The van der Waals surface area contributed by atoms with E-state index in [9.17, 15) is 14.0 Å². The Morgan fingerprint density at radius 3 is 2.70 bits per heavy atom. The minimum Gasteiger partial charge on any atom is -0.486 e. The number of hydrogen-bond donors (Lipinski definition) is 1. The summed E-state index contributed by atoms with van der Waals surface area (Å²) in [5.41, 5.74) is 2.20. The second-order valence-corrected chi connectivity index (χ2v) is 6.58. The highest BCUT2D eigenvalue weighted by Crippen LogP contribution is 2.33. The van der Waals surface area contributed by atoms with Crippen molar-refractivity contribution in [3.05, 3.63) is 53.3 Å². The number of carbonyl (C=O) groups excluding carboxylic acids is 2. The molecule has 140 valence electrons. The molecule has 2 aromatic rings. The van der Waals surface area contributed by atoms with E-state index in [1.807, 2.05) is 6.92 Å². The van der Waals surface area contributed by atoms with Crippen LogP contribution in [0.15, 0.2) is 36.4 Å². The fraction of sp³-hybridized carbons (Fsp3) is 0.300. The number of rotatable bonds is 1. The Kier molecular flexibility index (Phi) is 4.43. The molecular formula is C20H19FN2O4. The molecule has 0 radical (unpaired) electrons. The van der Waals surface area contributed by atoms with Gasteiger partial charge >= 0.3 is 11.8 Å². The monoisotopic (exact) mass is 370 g/mol. The first-order valence-electron chi connectivity index (χ1n) is 8.83. The van der Waals surface area contributed by atoms with Crippen LogP contribution in [0.25, 0.3) is 0 Å². The Morgan fingerprint density at radius 1 is 1.11 bits per heavy atom. The number of anilines is 1. The van der Waals surface area contributed by atoms with Crippen LogP contribution in [0.3, 0.4) is 0 Å². The third kappa shape index (κ3) is 3.32. The third-order valence-corrected chi connectivity index (χ3v) is 4.90. The highest BCUT2D eigenvalue weighted by atomic mass is 19.1. The van der Waals surface area contributed by atoms with Gasteiger partial charge in [0.25, 0.3) is 0 Å². The number of hydrogen-bond acceptors (Lipinski definition) is 4. The van der Waals surface area contributed by atoms with Gasteiger partial charge in [0, 0.05) is 18.3 Å². The molecule has 4 rings (SSSR count). The first kappa shape index (κ1) is 17.3. The Balaban J connectivity index is 1.48. The lowest BCUT2D eigenvalue weighted by Gasteiger charge is -2.34. The molecule has 2 aliphatic heterocycles. The van der Waals surface area contributed by atoms with Crippen molar-refractivity contribution in [2.24, 2.45) is 0 Å². The van der Waals surface area contributed by atoms with Crippen molar-refractivity contribution in [3.8, 4) is 11.5 Å². The first-order chi connectivity index (χ1) is 13.0. The van der Waals surface area contributed by atoms with Gasteiger partial charge in [-0.2, -0.15) is 0 Å². The lowest BCUT2D eigenvalue weighted by molar-refractivity contribution is -0.145. The van der Waals surface area contributed by atoms with Crippen LogP contribution in [0, 0.1) is 5.82 Å². The van der Waals surface area contributed by atoms with E-state index in [0.29, 0.717) is 43.4 Å². The van der Waals surface area contributed by atoms with Crippen molar-refractivity contribution >= 4 is 17.5 Å². The van der Waals surface area contributed by atoms with Gasteiger partial charge in [0.2, 0.25) is 0 Å². The summed E-state index contributed by atoms with van der Waals surface area (Å²) in [6, 6.07) is 9.24. The van der Waals surface area contributed by atoms with E-state index in [-0.39, 0.29) is 11.9 Å². The fourth-order valence-electron chi connectivity index (χ4n) is 3.51. The number of carbonyl (C=O) groups is 2. The van der Waals surface area contributed by atoms with Crippen LogP contribution in [0.4, 0.5) is 10.1 Å². The maximum absolute atomic E-state index is 13.4. The molecule has 2 aromatic carbocycles. The molecule has 2 amide bonds. The van der Waals surface area contributed by atoms with E-state index in [1.54, 1.807) is 24.3 Å². The summed E-state index contributed by atoms with van der Waals surface area (Å²) in [4.78, 5) is 26.6. The molecular weight excluding hydrogens is 351 g/mol. The Labute approximate surface area is 155 Å². The van der Waals surface area contributed by atoms with Crippen LogP contribution < -0.4 is 14.8 Å². The minimum absolute atomic E-state index is 0.294. The average Bonchev–Trinajstić information content (AvgIpc) is 2.67. The third-order valence-electron chi connectivity index (χ3n) is 4.90. The van der Waals surface area contributed by atoms with E-state index in [2.05, 4.69) is 5.32 Å². The van der Waals surface area contributed by atoms with Crippen LogP contribution in [0.2, 0.25) is 0 Å². The summed E-state index contributed by atoms with van der Waals surface area (Å²) in [5.74, 6) is -0.485. The molecule has 0 saturated carbocycles. The van der Waals surface area contributed by atoms with Crippen molar-refractivity contribution < 1.29 is 23.5 Å². The predicted molar refractivity (Wildman–Crippen MR) is 96.3 cm³/mol. The molecule has 0 bridgehead atoms. The minimum atomic E-state index is -0.718. The quantitative estimate of drug-likeness (QED) is 0.784. The van der Waals surface area contributed by atoms with Gasteiger partial charge in [-0.1, -0.05) is 6.07 Å². The van der Waals surface area contributed by atoms with Gasteiger partial charge < -0.3 is 19.7 Å². The molecule has 0 aliphatic carbocycles. The normalized spacial score (nSPS) is 17.9. The van der Waals surface area contributed by atoms with Gasteiger partial charge in [0.15, 0.2) is 11.5 Å². The predicted octanol–water partition coefficient (Wildman–Crippen LogP) is 2.68. The van der Waals surface area contributed by atoms with Crippen molar-refractivity contribution in [3.63, 3.8) is 0 Å². The zero-order valence-electron chi connectivity index (χ0n) is 14.8. The SMILES string of the molecule is C[C@H]1c2ccc(F)cc2CCN1C(=O)C(=O)Nc1ccc2c(c1)OCCO2. The van der Waals surface area contributed by atoms with Crippen molar-refractivity contribution in [1.82, 2.24) is 4.90 Å². The standard InChI is InChI=1S/C20H19FN2O4/c1-12-16-4-2-14(21)10-13(16)6-7-23(12)20(25)19(24)22-15-3-5-17-18(11-15)27-9-8-26-17/h2-5,10-12H,6-9H2,1H3,(H,22,24)/t12-/m0/s1. The van der Waals surface area contributed by atoms with Gasteiger partial charge in [-0.25, -0.2) is 4.39 Å². The van der Waals surface area contributed by atoms with Gasteiger partial charge in [-0.15, -0.1) is 0 Å². The molecule has 1 atom stereocenters. The van der Waals surface area contributed by atoms with Crippen molar-refractivity contribution in [2.75, 3.05) is 25.1 Å². The van der Waals surface area contributed by atoms with Gasteiger partial charge in [0.1, 0.15) is 19.0 Å². The molecule has 2 aliphatic rings. The first-order valence-corrected chi connectivity index (χ1v) is 8.83. The summed E-state index contributed by atoms with van der Waals surface area (Å²) >= 11 is 0. The molecule has 0 unspecified atom stereocenters. The molecule has 7 heteroatoms. The van der Waals surface area contributed by atoms with Crippen LogP contribution in [-0.2, 0) is 16.0 Å². The van der Waals surface area contributed by atoms with E-state index >= 15 is 0 Å². The van der Waals surface area contributed by atoms with Gasteiger partial charge in [-0.05, 0) is 48.7 Å². The second-order valence-electron chi connectivity index (χ2n) is 6.58. The lowest BCUT2D eigenvalue weighted by atomic mass is 9.93. The molecule has 2 heterocycles. The van der Waals surface area contributed by atoms with Gasteiger partial charge in [-0.3, -0.25) is 9.59 Å². The van der Waals surface area contributed by atoms with Crippen LogP contribution in [0.1, 0.15) is 24.1 Å². The summed E-state index contributed by atoms with van der Waals surface area (Å²) < 4.78 is 24.3. The van der Waals surface area contributed by atoms with E-state index in [0.717, 1.165) is 11.1 Å². The number of benzene rings is 2. The van der Waals surface area contributed by atoms with E-state index in [1.165, 1.54) is 17.0 Å². The zero-order chi connectivity index (χ0) is 19.0. The molecule has 1 N–H and O–H groups in total.